The predicted molar refractivity (Wildman–Crippen MR) is 70.1 cm³/mol. The summed E-state index contributed by atoms with van der Waals surface area (Å²) in [6.07, 6.45) is 0.0955. The van der Waals surface area contributed by atoms with Gasteiger partial charge >= 0.3 is 6.61 Å². The summed E-state index contributed by atoms with van der Waals surface area (Å²) in [5.74, 6) is -1.47. The van der Waals surface area contributed by atoms with Gasteiger partial charge in [-0.25, -0.2) is 8.78 Å². The Morgan fingerprint density at radius 3 is 2.24 bits per heavy atom. The molecule has 2 aromatic rings. The largest absolute Gasteiger partial charge is 0.434 e. The van der Waals surface area contributed by atoms with Gasteiger partial charge in [-0.3, -0.25) is 0 Å². The van der Waals surface area contributed by atoms with Gasteiger partial charge in [-0.2, -0.15) is 8.78 Å². The van der Waals surface area contributed by atoms with Crippen LogP contribution >= 0.6 is 0 Å². The average Bonchev–Trinajstić information content (AvgIpc) is 2.37. The number of halogens is 4. The van der Waals surface area contributed by atoms with Gasteiger partial charge in [0.25, 0.3) is 0 Å². The van der Waals surface area contributed by atoms with E-state index in [0.717, 1.165) is 18.2 Å². The highest BCUT2D eigenvalue weighted by Gasteiger charge is 2.16. The molecule has 0 bridgehead atoms. The first-order valence-corrected chi connectivity index (χ1v) is 6.20. The van der Waals surface area contributed by atoms with Gasteiger partial charge in [0.2, 0.25) is 0 Å². The summed E-state index contributed by atoms with van der Waals surface area (Å²) < 4.78 is 55.3. The summed E-state index contributed by atoms with van der Waals surface area (Å²) >= 11 is 0. The fourth-order valence-corrected chi connectivity index (χ4v) is 2.08. The first kappa shape index (κ1) is 15.3. The Morgan fingerprint density at radius 2 is 1.62 bits per heavy atom. The van der Waals surface area contributed by atoms with Gasteiger partial charge in [0, 0.05) is 17.7 Å². The molecule has 2 rings (SSSR count). The summed E-state index contributed by atoms with van der Waals surface area (Å²) in [6, 6.07) is 8.41. The molecule has 0 aliphatic heterocycles. The maximum Gasteiger partial charge on any atom is 0.387 e. The second kappa shape index (κ2) is 6.58. The van der Waals surface area contributed by atoms with Crippen molar-refractivity contribution in [3.8, 4) is 5.75 Å². The van der Waals surface area contributed by atoms with E-state index in [-0.39, 0.29) is 12.2 Å². The minimum absolute atomic E-state index is 0.0446. The molecule has 0 saturated heterocycles. The van der Waals surface area contributed by atoms with Crippen molar-refractivity contribution in [3.63, 3.8) is 0 Å². The number of para-hydroxylation sites is 1. The Balaban J connectivity index is 2.22. The zero-order valence-electron chi connectivity index (χ0n) is 10.9. The van der Waals surface area contributed by atoms with Gasteiger partial charge in [0.05, 0.1) is 0 Å². The van der Waals surface area contributed by atoms with Crippen LogP contribution in [0.4, 0.5) is 17.6 Å². The number of ether oxygens (including phenoxy) is 1. The Morgan fingerprint density at radius 1 is 1.00 bits per heavy atom. The van der Waals surface area contributed by atoms with Crippen LogP contribution in [0.25, 0.3) is 0 Å². The minimum Gasteiger partial charge on any atom is -0.434 e. The molecule has 0 fully saturated rings. The molecule has 0 heterocycles. The van der Waals surface area contributed by atoms with Crippen LogP contribution in [0.5, 0.6) is 5.75 Å². The molecule has 0 aliphatic rings. The molecule has 0 amide bonds. The third-order valence-corrected chi connectivity index (χ3v) is 2.91. The van der Waals surface area contributed by atoms with Crippen LogP contribution < -0.4 is 10.5 Å². The van der Waals surface area contributed by atoms with E-state index in [0.29, 0.717) is 11.1 Å². The molecule has 6 heteroatoms. The fourth-order valence-electron chi connectivity index (χ4n) is 2.08. The molecule has 0 aliphatic carbocycles. The molecule has 21 heavy (non-hydrogen) atoms. The lowest BCUT2D eigenvalue weighted by Crippen LogP contribution is -2.16. The number of hydrogen-bond acceptors (Lipinski definition) is 2. The first-order valence-electron chi connectivity index (χ1n) is 6.20. The predicted octanol–water partition coefficient (Wildman–Crippen LogP) is 3.81. The van der Waals surface area contributed by atoms with E-state index >= 15 is 0 Å². The highest BCUT2D eigenvalue weighted by Crippen LogP contribution is 2.27. The highest BCUT2D eigenvalue weighted by atomic mass is 19.3. The van der Waals surface area contributed by atoms with Crippen LogP contribution in [-0.4, -0.2) is 6.61 Å². The maximum absolute atomic E-state index is 13.1. The standard InChI is InChI=1S/C15H13F4NO/c16-10-5-9(6-11(17)8-10)7-13(20)12-3-1-2-4-14(12)21-15(18)19/h1-6,8,13,15H,7,20H2. The van der Waals surface area contributed by atoms with Gasteiger partial charge in [-0.05, 0) is 30.2 Å². The van der Waals surface area contributed by atoms with E-state index in [4.69, 9.17) is 5.73 Å². The van der Waals surface area contributed by atoms with E-state index in [9.17, 15) is 17.6 Å². The summed E-state index contributed by atoms with van der Waals surface area (Å²) in [4.78, 5) is 0. The Bertz CT molecular complexity index is 598. The lowest BCUT2D eigenvalue weighted by Gasteiger charge is -2.16. The normalized spacial score (nSPS) is 12.5. The Labute approximate surface area is 119 Å². The van der Waals surface area contributed by atoms with Crippen LogP contribution in [0.1, 0.15) is 17.2 Å². The summed E-state index contributed by atoms with van der Waals surface area (Å²) in [7, 11) is 0. The number of nitrogens with two attached hydrogens (primary N) is 1. The molecule has 2 nitrogen and oxygen atoms in total. The van der Waals surface area contributed by atoms with Crippen molar-refractivity contribution in [1.82, 2.24) is 0 Å². The second-order valence-corrected chi connectivity index (χ2v) is 4.50. The zero-order chi connectivity index (χ0) is 15.4. The highest BCUT2D eigenvalue weighted by molar-refractivity contribution is 5.37. The summed E-state index contributed by atoms with van der Waals surface area (Å²) in [5.41, 5.74) is 6.62. The average molecular weight is 299 g/mol. The Kier molecular flexibility index (Phi) is 4.80. The molecule has 1 atom stereocenters. The van der Waals surface area contributed by atoms with Gasteiger partial charge in [-0.15, -0.1) is 0 Å². The number of rotatable bonds is 5. The van der Waals surface area contributed by atoms with Crippen molar-refractivity contribution >= 4 is 0 Å². The van der Waals surface area contributed by atoms with Crippen molar-refractivity contribution in [2.75, 3.05) is 0 Å². The zero-order valence-corrected chi connectivity index (χ0v) is 10.9. The van der Waals surface area contributed by atoms with E-state index in [1.165, 1.54) is 18.2 Å². The molecule has 2 N–H and O–H groups in total. The number of alkyl halides is 2. The van der Waals surface area contributed by atoms with Crippen molar-refractivity contribution < 1.29 is 22.3 Å². The Hall–Kier alpha value is -2.08. The van der Waals surface area contributed by atoms with Crippen LogP contribution in [0.15, 0.2) is 42.5 Å². The van der Waals surface area contributed by atoms with Crippen molar-refractivity contribution in [2.24, 2.45) is 5.73 Å². The molecule has 112 valence electrons. The van der Waals surface area contributed by atoms with E-state index in [1.54, 1.807) is 6.07 Å². The first-order chi connectivity index (χ1) is 9.95. The summed E-state index contributed by atoms with van der Waals surface area (Å²) in [5, 5.41) is 0. The molecular formula is C15H13F4NO. The smallest absolute Gasteiger partial charge is 0.387 e. The maximum atomic E-state index is 13.1. The fraction of sp³-hybridized carbons (Fsp3) is 0.200. The summed E-state index contributed by atoms with van der Waals surface area (Å²) in [6.45, 7) is -2.97. The monoisotopic (exact) mass is 299 g/mol. The van der Waals surface area contributed by atoms with E-state index in [1.807, 2.05) is 0 Å². The van der Waals surface area contributed by atoms with Crippen LogP contribution in [-0.2, 0) is 6.42 Å². The third-order valence-electron chi connectivity index (χ3n) is 2.91. The quantitative estimate of drug-likeness (QED) is 0.852. The van der Waals surface area contributed by atoms with Gasteiger partial charge < -0.3 is 10.5 Å². The van der Waals surface area contributed by atoms with Gasteiger partial charge in [-0.1, -0.05) is 18.2 Å². The molecule has 2 aromatic carbocycles. The van der Waals surface area contributed by atoms with Crippen molar-refractivity contribution in [3.05, 3.63) is 65.2 Å². The van der Waals surface area contributed by atoms with Crippen LogP contribution in [0, 0.1) is 11.6 Å². The number of benzene rings is 2. The lowest BCUT2D eigenvalue weighted by molar-refractivity contribution is -0.0506. The second-order valence-electron chi connectivity index (χ2n) is 4.50. The van der Waals surface area contributed by atoms with Gasteiger partial charge in [0.15, 0.2) is 0 Å². The van der Waals surface area contributed by atoms with E-state index in [2.05, 4.69) is 4.74 Å². The molecule has 0 saturated carbocycles. The van der Waals surface area contributed by atoms with Crippen molar-refractivity contribution in [2.45, 2.75) is 19.1 Å². The topological polar surface area (TPSA) is 35.2 Å². The number of hydrogen-bond donors (Lipinski definition) is 1. The van der Waals surface area contributed by atoms with Gasteiger partial charge in [0.1, 0.15) is 17.4 Å². The van der Waals surface area contributed by atoms with Crippen LogP contribution in [0.3, 0.4) is 0 Å². The minimum atomic E-state index is -2.97. The van der Waals surface area contributed by atoms with E-state index < -0.39 is 24.3 Å². The lowest BCUT2D eigenvalue weighted by atomic mass is 9.99. The molecule has 0 radical (unpaired) electrons. The molecule has 0 spiro atoms. The SMILES string of the molecule is NC(Cc1cc(F)cc(F)c1)c1ccccc1OC(F)F. The third kappa shape index (κ3) is 4.19. The molecule has 1 unspecified atom stereocenters. The van der Waals surface area contributed by atoms with Crippen LogP contribution in [0.2, 0.25) is 0 Å². The molecular weight excluding hydrogens is 286 g/mol. The molecule has 0 aromatic heterocycles. The van der Waals surface area contributed by atoms with Crippen molar-refractivity contribution in [1.29, 1.82) is 0 Å².